The number of nitrogens with one attached hydrogen (secondary N) is 1. The molecule has 0 aromatic rings. The number of hydrogen-bond acceptors (Lipinski definition) is 2. The number of piperazine rings is 1. The zero-order valence-electron chi connectivity index (χ0n) is 9.36. The molecule has 0 atom stereocenters. The third kappa shape index (κ3) is 2.44. The molecule has 0 unspecified atom stereocenters. The summed E-state index contributed by atoms with van der Waals surface area (Å²) in [4.78, 5) is -3.25. The van der Waals surface area contributed by atoms with E-state index in [0.717, 1.165) is 0 Å². The summed E-state index contributed by atoms with van der Waals surface area (Å²) >= 11 is 0. The normalized spacial score (nSPS) is 27.4. The van der Waals surface area contributed by atoms with Gasteiger partial charge in [-0.25, -0.2) is 4.90 Å². The van der Waals surface area contributed by atoms with Crippen molar-refractivity contribution >= 4 is 0 Å². The summed E-state index contributed by atoms with van der Waals surface area (Å²) in [6.45, 7) is 0. The first-order valence-electron chi connectivity index (χ1n) is 4.63. The Kier molecular flexibility index (Phi) is 3.85. The monoisotopic (exact) mass is 360 g/mol. The van der Waals surface area contributed by atoms with Crippen LogP contribution in [-0.2, 0) is 0 Å². The topological polar surface area (TPSA) is 15.3 Å². The van der Waals surface area contributed by atoms with Gasteiger partial charge in [-0.05, 0) is 0 Å². The van der Waals surface area contributed by atoms with Gasteiger partial charge in [0.15, 0.2) is 0 Å². The molecular weight excluding hydrogens is 359 g/mol. The predicted octanol–water partition coefficient (Wildman–Crippen LogP) is 3.93. The van der Waals surface area contributed by atoms with E-state index < -0.39 is 52.4 Å². The molecule has 1 aliphatic heterocycles. The van der Waals surface area contributed by atoms with Crippen LogP contribution >= 0.6 is 0 Å². The van der Waals surface area contributed by atoms with E-state index in [0.29, 0.717) is 0 Å². The minimum Gasteiger partial charge on any atom is -0.212 e. The number of halogens is 13. The maximum atomic E-state index is 13.0. The fraction of sp³-hybridized carbons (Fsp3) is 0.714. The lowest BCUT2D eigenvalue weighted by Gasteiger charge is -2.48. The third-order valence-electron chi connectivity index (χ3n) is 2.26. The van der Waals surface area contributed by atoms with Gasteiger partial charge in [-0.15, -0.1) is 0 Å². The van der Waals surface area contributed by atoms with E-state index in [4.69, 9.17) is 0 Å². The van der Waals surface area contributed by atoms with Crippen molar-refractivity contribution in [2.75, 3.05) is 0 Å². The van der Waals surface area contributed by atoms with E-state index in [2.05, 4.69) is 0 Å². The molecule has 0 aromatic carbocycles. The SMILES string of the molecule is F/C(=C(/F)C(F)(F)F)N1C(F)(F)C(F)(F)NC(F)(F)C1(F)F. The van der Waals surface area contributed by atoms with E-state index in [-0.39, 0.29) is 0 Å². The minimum absolute atomic E-state index is 0.826. The summed E-state index contributed by atoms with van der Waals surface area (Å²) < 4.78 is 163. The molecule has 1 heterocycles. The second kappa shape index (κ2) is 4.55. The maximum absolute atomic E-state index is 13.0. The molecule has 0 aromatic heterocycles. The van der Waals surface area contributed by atoms with Crippen molar-refractivity contribution in [3.05, 3.63) is 11.8 Å². The van der Waals surface area contributed by atoms with Crippen LogP contribution in [0.3, 0.4) is 0 Å². The lowest BCUT2D eigenvalue weighted by Crippen LogP contribution is -2.79. The van der Waals surface area contributed by atoms with Crippen LogP contribution in [0.25, 0.3) is 0 Å². The van der Waals surface area contributed by atoms with E-state index in [1.54, 1.807) is 0 Å². The van der Waals surface area contributed by atoms with Crippen molar-refractivity contribution in [2.45, 2.75) is 30.4 Å². The Morgan fingerprint density at radius 3 is 1.32 bits per heavy atom. The molecule has 1 saturated heterocycles. The first kappa shape index (κ1) is 18.6. The molecule has 0 bridgehead atoms. The van der Waals surface area contributed by atoms with Crippen molar-refractivity contribution in [2.24, 2.45) is 0 Å². The second-order valence-corrected chi connectivity index (χ2v) is 3.79. The molecule has 0 aliphatic carbocycles. The average molecular weight is 360 g/mol. The van der Waals surface area contributed by atoms with E-state index in [1.165, 1.54) is 0 Å². The summed E-state index contributed by atoms with van der Waals surface area (Å²) in [5.74, 6) is -8.65. The van der Waals surface area contributed by atoms with E-state index >= 15 is 0 Å². The quantitative estimate of drug-likeness (QED) is 0.563. The molecule has 0 spiro atoms. The van der Waals surface area contributed by atoms with Crippen molar-refractivity contribution in [3.63, 3.8) is 0 Å². The highest BCUT2D eigenvalue weighted by Crippen LogP contribution is 2.54. The van der Waals surface area contributed by atoms with E-state index in [1.807, 2.05) is 0 Å². The Hall–Kier alpha value is -1.41. The lowest BCUT2D eigenvalue weighted by atomic mass is 10.2. The lowest BCUT2D eigenvalue weighted by molar-refractivity contribution is -0.448. The molecule has 130 valence electrons. The second-order valence-electron chi connectivity index (χ2n) is 3.79. The van der Waals surface area contributed by atoms with Crippen LogP contribution in [0.15, 0.2) is 11.8 Å². The Morgan fingerprint density at radius 1 is 0.727 bits per heavy atom. The summed E-state index contributed by atoms with van der Waals surface area (Å²) in [7, 11) is 0. The number of allylic oxidation sites excluding steroid dienone is 1. The van der Waals surface area contributed by atoms with Crippen molar-refractivity contribution in [1.82, 2.24) is 10.2 Å². The predicted molar refractivity (Wildman–Crippen MR) is 40.1 cm³/mol. The molecule has 1 rings (SSSR count). The molecule has 15 heteroatoms. The number of nitrogens with zero attached hydrogens (tertiary/aromatic N) is 1. The van der Waals surface area contributed by atoms with Crippen LogP contribution in [0.5, 0.6) is 0 Å². The van der Waals surface area contributed by atoms with Crippen LogP contribution in [0.2, 0.25) is 0 Å². The zero-order chi connectivity index (χ0) is 17.9. The average Bonchev–Trinajstić information content (AvgIpc) is 2.22. The molecule has 1 N–H and O–H groups in total. The smallest absolute Gasteiger partial charge is 0.212 e. The standard InChI is InChI=1S/C7HF13N2/c8-1(3(10,11)12)2(9)22-6(17,18)4(13,14)21-5(15,16)7(22,19)20/h21H/b2-1-. The van der Waals surface area contributed by atoms with Gasteiger partial charge in [0.05, 0.1) is 0 Å². The summed E-state index contributed by atoms with van der Waals surface area (Å²) in [5, 5.41) is -0.826. The fourth-order valence-electron chi connectivity index (χ4n) is 1.27. The summed E-state index contributed by atoms with van der Waals surface area (Å²) in [6, 6.07) is -26.0. The van der Waals surface area contributed by atoms with Crippen molar-refractivity contribution < 1.29 is 57.1 Å². The van der Waals surface area contributed by atoms with Gasteiger partial charge in [-0.1, -0.05) is 0 Å². The highest BCUT2D eigenvalue weighted by Gasteiger charge is 2.82. The first-order valence-corrected chi connectivity index (χ1v) is 4.63. The third-order valence-corrected chi connectivity index (χ3v) is 2.26. The molecule has 1 fully saturated rings. The van der Waals surface area contributed by atoms with Crippen LogP contribution in [0, 0.1) is 0 Å². The van der Waals surface area contributed by atoms with Crippen molar-refractivity contribution in [3.8, 4) is 0 Å². The van der Waals surface area contributed by atoms with Gasteiger partial charge in [-0.2, -0.15) is 62.4 Å². The van der Waals surface area contributed by atoms with Gasteiger partial charge in [0.1, 0.15) is 0 Å². The van der Waals surface area contributed by atoms with Gasteiger partial charge in [-0.3, -0.25) is 0 Å². The van der Waals surface area contributed by atoms with Gasteiger partial charge < -0.3 is 0 Å². The van der Waals surface area contributed by atoms with Gasteiger partial charge >= 0.3 is 30.4 Å². The first-order chi connectivity index (χ1) is 9.39. The van der Waals surface area contributed by atoms with Gasteiger partial charge in [0.2, 0.25) is 5.95 Å². The molecule has 0 radical (unpaired) electrons. The van der Waals surface area contributed by atoms with Crippen LogP contribution in [0.4, 0.5) is 57.1 Å². The maximum Gasteiger partial charge on any atom is 0.447 e. The van der Waals surface area contributed by atoms with Crippen LogP contribution < -0.4 is 5.32 Å². The zero-order valence-corrected chi connectivity index (χ0v) is 9.36. The van der Waals surface area contributed by atoms with E-state index in [9.17, 15) is 57.1 Å². The highest BCUT2D eigenvalue weighted by atomic mass is 19.4. The van der Waals surface area contributed by atoms with Gasteiger partial charge in [0.25, 0.3) is 5.83 Å². The fourth-order valence-corrected chi connectivity index (χ4v) is 1.27. The van der Waals surface area contributed by atoms with Gasteiger partial charge in [0, 0.05) is 0 Å². The Labute approximate surface area is 111 Å². The summed E-state index contributed by atoms with van der Waals surface area (Å²) in [6.07, 6.45) is -6.51. The Morgan fingerprint density at radius 2 is 1.05 bits per heavy atom. The Balaban J connectivity index is 3.65. The minimum atomic E-state index is -6.66. The van der Waals surface area contributed by atoms with Crippen LogP contribution in [-0.4, -0.2) is 35.3 Å². The highest BCUT2D eigenvalue weighted by molar-refractivity contribution is 5.14. The molecular formula is C7HF13N2. The van der Waals surface area contributed by atoms with Crippen molar-refractivity contribution in [1.29, 1.82) is 0 Å². The summed E-state index contributed by atoms with van der Waals surface area (Å²) in [5.41, 5.74) is 0. The molecule has 22 heavy (non-hydrogen) atoms. The molecule has 0 amide bonds. The molecule has 2 nitrogen and oxygen atoms in total. The number of alkyl halides is 11. The number of rotatable bonds is 1. The Bertz CT molecular complexity index is 463. The van der Waals surface area contributed by atoms with Crippen LogP contribution in [0.1, 0.15) is 0 Å². The largest absolute Gasteiger partial charge is 0.447 e. The molecule has 0 saturated carbocycles. The number of hydrogen-bond donors (Lipinski definition) is 1. The molecule has 1 aliphatic rings.